The number of rotatable bonds is 6. The summed E-state index contributed by atoms with van der Waals surface area (Å²) in [4.78, 5) is 15.6. The Kier molecular flexibility index (Phi) is 8.17. The van der Waals surface area contributed by atoms with Crippen LogP contribution in [0.25, 0.3) is 116 Å². The van der Waals surface area contributed by atoms with Gasteiger partial charge in [-0.05, 0) is 53.4 Å². The van der Waals surface area contributed by atoms with Crippen molar-refractivity contribution in [1.29, 1.82) is 0 Å². The molecule has 0 fully saturated rings. The Morgan fingerprint density at radius 3 is 1.84 bits per heavy atom. The summed E-state index contributed by atoms with van der Waals surface area (Å²) in [7, 11) is 0. The molecule has 5 nitrogen and oxygen atoms in total. The third-order valence-electron chi connectivity index (χ3n) is 11.8. The first kappa shape index (κ1) is 34.9. The number of pyridine rings is 1. The fourth-order valence-electron chi connectivity index (χ4n) is 8.71. The van der Waals surface area contributed by atoms with Crippen LogP contribution in [0.15, 0.2) is 209 Å². The highest BCUT2D eigenvalue weighted by atomic mass is 16.3. The standard InChI is InChI=1S/C56H35N3O2/c1-2-5-16-40(15-4-1)56-58-48(37-25-23-36(24-26-37)42-19-12-20-44-43-17-8-10-21-50(43)60-54(42)44)34-49(59-56)38-27-29-39(30-28-38)53-55-52(45-18-9-11-22-51(45)61-55)46-33-41(31-32-47(46)57-53)35-13-6-3-7-14-35/h1-15,17-34H,16H2. The number of aromatic nitrogens is 3. The summed E-state index contributed by atoms with van der Waals surface area (Å²) in [6.07, 6.45) is 11.1. The van der Waals surface area contributed by atoms with Gasteiger partial charge in [0.2, 0.25) is 0 Å². The van der Waals surface area contributed by atoms with Crippen LogP contribution in [0.3, 0.4) is 0 Å². The average Bonchev–Trinajstić information content (AvgIpc) is 3.79. The fourth-order valence-corrected chi connectivity index (χ4v) is 8.71. The summed E-state index contributed by atoms with van der Waals surface area (Å²) in [6, 6.07) is 59.0. The normalized spacial score (nSPS) is 12.8. The number of fused-ring (bicyclic) bond motifs is 8. The lowest BCUT2D eigenvalue weighted by Gasteiger charge is -2.12. The monoisotopic (exact) mass is 781 g/mol. The van der Waals surface area contributed by atoms with E-state index in [2.05, 4.69) is 164 Å². The van der Waals surface area contributed by atoms with Crippen LogP contribution < -0.4 is 0 Å². The Morgan fingerprint density at radius 1 is 0.410 bits per heavy atom. The summed E-state index contributed by atoms with van der Waals surface area (Å²) in [5.74, 6) is 0.707. The van der Waals surface area contributed by atoms with Crippen molar-refractivity contribution >= 4 is 60.4 Å². The molecule has 0 unspecified atom stereocenters. The van der Waals surface area contributed by atoms with Crippen molar-refractivity contribution in [1.82, 2.24) is 15.0 Å². The van der Waals surface area contributed by atoms with Crippen LogP contribution in [0.5, 0.6) is 0 Å². The molecule has 4 heterocycles. The van der Waals surface area contributed by atoms with E-state index in [1.807, 2.05) is 36.4 Å². The number of allylic oxidation sites excluding steroid dienone is 6. The first-order chi connectivity index (χ1) is 30.2. The zero-order valence-electron chi connectivity index (χ0n) is 32.9. The van der Waals surface area contributed by atoms with Gasteiger partial charge >= 0.3 is 0 Å². The van der Waals surface area contributed by atoms with Gasteiger partial charge in [0.05, 0.1) is 16.9 Å². The van der Waals surface area contributed by atoms with E-state index in [9.17, 15) is 0 Å². The SMILES string of the molecule is C1=CC=C(c2nc(-c3ccc(-c4cccc5c4oc4ccccc45)cc3)cc(-c3ccc(-c4nc5ccc(-c6ccccc6)cc5c5c4oc4ccccc45)cc3)n2)CC=C1. The van der Waals surface area contributed by atoms with E-state index in [1.54, 1.807) is 0 Å². The minimum atomic E-state index is 0.707. The number of benzene rings is 7. The molecule has 61 heavy (non-hydrogen) atoms. The molecule has 0 saturated carbocycles. The average molecular weight is 782 g/mol. The minimum absolute atomic E-state index is 0.707. The highest BCUT2D eigenvalue weighted by molar-refractivity contribution is 6.21. The van der Waals surface area contributed by atoms with Crippen molar-refractivity contribution in [3.8, 4) is 56.0 Å². The van der Waals surface area contributed by atoms with Crippen molar-refractivity contribution in [3.05, 3.63) is 206 Å². The number of nitrogens with zero attached hydrogens (tertiary/aromatic N) is 3. The number of hydrogen-bond acceptors (Lipinski definition) is 5. The van der Waals surface area contributed by atoms with Gasteiger partial charge in [-0.25, -0.2) is 15.0 Å². The number of furan rings is 2. The van der Waals surface area contributed by atoms with E-state index in [0.717, 1.165) is 123 Å². The van der Waals surface area contributed by atoms with Crippen molar-refractivity contribution in [2.24, 2.45) is 0 Å². The van der Waals surface area contributed by atoms with Crippen molar-refractivity contribution < 1.29 is 8.83 Å². The molecular formula is C56H35N3O2. The lowest BCUT2D eigenvalue weighted by atomic mass is 9.98. The molecule has 0 radical (unpaired) electrons. The van der Waals surface area contributed by atoms with Crippen LogP contribution in [0, 0.1) is 0 Å². The molecular weight excluding hydrogens is 747 g/mol. The summed E-state index contributed by atoms with van der Waals surface area (Å²) < 4.78 is 13.0. The Labute approximate surface area is 351 Å². The molecule has 11 aromatic rings. The Bertz CT molecular complexity index is 3590. The van der Waals surface area contributed by atoms with E-state index < -0.39 is 0 Å². The van der Waals surface area contributed by atoms with Crippen LogP contribution in [-0.4, -0.2) is 15.0 Å². The summed E-state index contributed by atoms with van der Waals surface area (Å²) >= 11 is 0. The molecule has 0 amide bonds. The molecule has 12 rings (SSSR count). The molecule has 0 atom stereocenters. The first-order valence-electron chi connectivity index (χ1n) is 20.6. The van der Waals surface area contributed by atoms with Gasteiger partial charge in [0.15, 0.2) is 11.4 Å². The molecule has 0 bridgehead atoms. The summed E-state index contributed by atoms with van der Waals surface area (Å²) in [5, 5.41) is 5.45. The molecule has 0 aliphatic heterocycles. The predicted molar refractivity (Wildman–Crippen MR) is 250 cm³/mol. The quantitative estimate of drug-likeness (QED) is 0.168. The summed E-state index contributed by atoms with van der Waals surface area (Å²) in [6.45, 7) is 0. The van der Waals surface area contributed by atoms with Gasteiger partial charge in [-0.3, -0.25) is 0 Å². The molecule has 0 N–H and O–H groups in total. The van der Waals surface area contributed by atoms with Crippen LogP contribution in [0.4, 0.5) is 0 Å². The maximum absolute atomic E-state index is 6.63. The molecule has 0 spiro atoms. The van der Waals surface area contributed by atoms with Crippen molar-refractivity contribution in [2.45, 2.75) is 6.42 Å². The topological polar surface area (TPSA) is 65.0 Å². The first-order valence-corrected chi connectivity index (χ1v) is 20.6. The van der Waals surface area contributed by atoms with E-state index in [1.165, 1.54) is 0 Å². The minimum Gasteiger partial charge on any atom is -0.455 e. The van der Waals surface area contributed by atoms with E-state index >= 15 is 0 Å². The second-order valence-electron chi connectivity index (χ2n) is 15.5. The van der Waals surface area contributed by atoms with Crippen molar-refractivity contribution in [2.75, 3.05) is 0 Å². The highest BCUT2D eigenvalue weighted by Crippen LogP contribution is 2.41. The van der Waals surface area contributed by atoms with E-state index in [-0.39, 0.29) is 0 Å². The van der Waals surface area contributed by atoms with E-state index in [0.29, 0.717) is 5.82 Å². The maximum Gasteiger partial charge on any atom is 0.162 e. The van der Waals surface area contributed by atoms with Gasteiger partial charge in [-0.1, -0.05) is 170 Å². The Balaban J connectivity index is 0.947. The Morgan fingerprint density at radius 2 is 1.05 bits per heavy atom. The molecule has 7 aromatic carbocycles. The molecule has 286 valence electrons. The van der Waals surface area contributed by atoms with Crippen LogP contribution in [0.1, 0.15) is 12.2 Å². The van der Waals surface area contributed by atoms with Crippen molar-refractivity contribution in [3.63, 3.8) is 0 Å². The predicted octanol–water partition coefficient (Wildman–Crippen LogP) is 15.1. The van der Waals surface area contributed by atoms with Gasteiger partial charge in [0, 0.05) is 54.8 Å². The van der Waals surface area contributed by atoms with Crippen LogP contribution in [-0.2, 0) is 0 Å². The van der Waals surface area contributed by atoms with Crippen LogP contribution >= 0.6 is 0 Å². The number of para-hydroxylation sites is 3. The van der Waals surface area contributed by atoms with Crippen LogP contribution in [0.2, 0.25) is 0 Å². The maximum atomic E-state index is 6.63. The smallest absolute Gasteiger partial charge is 0.162 e. The molecule has 4 aromatic heterocycles. The lowest BCUT2D eigenvalue weighted by molar-refractivity contribution is 0.668. The lowest BCUT2D eigenvalue weighted by Crippen LogP contribution is -1.99. The molecule has 1 aliphatic carbocycles. The van der Waals surface area contributed by atoms with Gasteiger partial charge in [-0.15, -0.1) is 0 Å². The van der Waals surface area contributed by atoms with Gasteiger partial charge < -0.3 is 8.83 Å². The zero-order chi connectivity index (χ0) is 40.3. The molecule has 0 saturated heterocycles. The molecule has 5 heteroatoms. The largest absolute Gasteiger partial charge is 0.455 e. The molecule has 1 aliphatic rings. The fraction of sp³-hybridized carbons (Fsp3) is 0.0179. The summed E-state index contributed by atoms with van der Waals surface area (Å²) in [5.41, 5.74) is 15.3. The van der Waals surface area contributed by atoms with Gasteiger partial charge in [0.25, 0.3) is 0 Å². The third-order valence-corrected chi connectivity index (χ3v) is 11.8. The second-order valence-corrected chi connectivity index (χ2v) is 15.5. The van der Waals surface area contributed by atoms with E-state index in [4.69, 9.17) is 23.8 Å². The highest BCUT2D eigenvalue weighted by Gasteiger charge is 2.20. The second kappa shape index (κ2) is 14.3. The van der Waals surface area contributed by atoms with Gasteiger partial charge in [-0.2, -0.15) is 0 Å². The third kappa shape index (κ3) is 6.06. The Hall–Kier alpha value is -8.15. The number of hydrogen-bond donors (Lipinski definition) is 0. The zero-order valence-corrected chi connectivity index (χ0v) is 32.9. The van der Waals surface area contributed by atoms with Gasteiger partial charge in [0.1, 0.15) is 22.4 Å².